The SMILES string of the molecule is Cn1cc(-c2cccc(NC(=O)c3ccc(C(C)(C)C)cc3)c2C#N)nc(Nc2ccc(C(=O)N3CCOCC3)cc2)c1=O. The van der Waals surface area contributed by atoms with Crippen LogP contribution in [0.25, 0.3) is 11.3 Å². The first kappa shape index (κ1) is 30.2. The number of anilines is 3. The molecule has 1 aliphatic heterocycles. The molecule has 0 spiro atoms. The first-order chi connectivity index (χ1) is 21.0. The van der Waals surface area contributed by atoms with Crippen molar-refractivity contribution < 1.29 is 14.3 Å². The number of nitriles is 1. The molecule has 1 aromatic heterocycles. The van der Waals surface area contributed by atoms with Gasteiger partial charge in [-0.05, 0) is 53.4 Å². The normalized spacial score (nSPS) is 13.2. The second kappa shape index (κ2) is 12.5. The standard InChI is InChI=1S/C34H34N6O4/c1-34(2,3)24-12-8-22(9-13-24)31(41)38-28-7-5-6-26(27(28)20-35)29-21-39(4)33(43)30(37-29)36-25-14-10-23(11-15-25)32(42)40-16-18-44-19-17-40/h5-15,21H,16-19H2,1-4H3,(H,36,37)(H,38,41). The van der Waals surface area contributed by atoms with Gasteiger partial charge in [-0.1, -0.05) is 45.0 Å². The third-order valence-corrected chi connectivity index (χ3v) is 7.48. The number of nitrogens with zero attached hydrogens (tertiary/aromatic N) is 4. The maximum absolute atomic E-state index is 13.1. The van der Waals surface area contributed by atoms with Crippen LogP contribution in [0.3, 0.4) is 0 Å². The number of hydrogen-bond acceptors (Lipinski definition) is 7. The molecule has 1 fully saturated rings. The lowest BCUT2D eigenvalue weighted by Crippen LogP contribution is -2.40. The first-order valence-electron chi connectivity index (χ1n) is 14.3. The van der Waals surface area contributed by atoms with Gasteiger partial charge in [-0.15, -0.1) is 0 Å². The molecular formula is C34H34N6O4. The molecule has 4 aromatic rings. The first-order valence-corrected chi connectivity index (χ1v) is 14.3. The Morgan fingerprint density at radius 3 is 2.25 bits per heavy atom. The quantitative estimate of drug-likeness (QED) is 0.320. The third kappa shape index (κ3) is 6.53. The van der Waals surface area contributed by atoms with Crippen molar-refractivity contribution in [1.29, 1.82) is 5.26 Å². The number of nitrogens with one attached hydrogen (secondary N) is 2. The molecule has 224 valence electrons. The van der Waals surface area contributed by atoms with Crippen molar-refractivity contribution >= 4 is 29.0 Å². The van der Waals surface area contributed by atoms with E-state index in [0.717, 1.165) is 5.56 Å². The zero-order valence-electron chi connectivity index (χ0n) is 25.2. The molecule has 2 N–H and O–H groups in total. The summed E-state index contributed by atoms with van der Waals surface area (Å²) < 4.78 is 6.70. The van der Waals surface area contributed by atoms with E-state index >= 15 is 0 Å². The van der Waals surface area contributed by atoms with Gasteiger partial charge in [-0.2, -0.15) is 5.26 Å². The summed E-state index contributed by atoms with van der Waals surface area (Å²) in [4.78, 5) is 45.2. The molecule has 1 saturated heterocycles. The Bertz CT molecular complexity index is 1790. The summed E-state index contributed by atoms with van der Waals surface area (Å²) >= 11 is 0. The van der Waals surface area contributed by atoms with Crippen molar-refractivity contribution in [3.8, 4) is 17.3 Å². The summed E-state index contributed by atoms with van der Waals surface area (Å²) in [6, 6.07) is 21.5. The highest BCUT2D eigenvalue weighted by molar-refractivity contribution is 6.05. The third-order valence-electron chi connectivity index (χ3n) is 7.48. The lowest BCUT2D eigenvalue weighted by molar-refractivity contribution is 0.0303. The molecule has 5 rings (SSSR count). The van der Waals surface area contributed by atoms with Crippen LogP contribution in [0.4, 0.5) is 17.2 Å². The van der Waals surface area contributed by atoms with E-state index < -0.39 is 0 Å². The lowest BCUT2D eigenvalue weighted by Gasteiger charge is -2.26. The number of hydrogen-bond donors (Lipinski definition) is 2. The Morgan fingerprint density at radius 2 is 1.61 bits per heavy atom. The Labute approximate surface area is 255 Å². The number of carbonyl (C=O) groups excluding carboxylic acids is 2. The van der Waals surface area contributed by atoms with Crippen LogP contribution < -0.4 is 16.2 Å². The lowest BCUT2D eigenvalue weighted by atomic mass is 9.86. The minimum atomic E-state index is -0.371. The zero-order valence-corrected chi connectivity index (χ0v) is 25.2. The average molecular weight is 591 g/mol. The van der Waals surface area contributed by atoms with E-state index in [2.05, 4.69) is 42.5 Å². The maximum Gasteiger partial charge on any atom is 0.293 e. The van der Waals surface area contributed by atoms with E-state index in [1.165, 1.54) is 4.57 Å². The van der Waals surface area contributed by atoms with Gasteiger partial charge >= 0.3 is 0 Å². The second-order valence-electron chi connectivity index (χ2n) is 11.6. The fraction of sp³-hybridized carbons (Fsp3) is 0.265. The minimum Gasteiger partial charge on any atom is -0.378 e. The number of aryl methyl sites for hydroxylation is 1. The molecular weight excluding hydrogens is 556 g/mol. The van der Waals surface area contributed by atoms with Gasteiger partial charge in [0.15, 0.2) is 5.82 Å². The van der Waals surface area contributed by atoms with Crippen LogP contribution in [-0.2, 0) is 17.2 Å². The molecule has 0 saturated carbocycles. The van der Waals surface area contributed by atoms with Crippen LogP contribution >= 0.6 is 0 Å². The van der Waals surface area contributed by atoms with Crippen LogP contribution in [0.1, 0.15) is 52.6 Å². The summed E-state index contributed by atoms with van der Waals surface area (Å²) in [5, 5.41) is 16.0. The maximum atomic E-state index is 13.1. The minimum absolute atomic E-state index is 0.0423. The van der Waals surface area contributed by atoms with Crippen molar-refractivity contribution in [1.82, 2.24) is 14.5 Å². The fourth-order valence-corrected chi connectivity index (χ4v) is 4.91. The number of carbonyl (C=O) groups is 2. The van der Waals surface area contributed by atoms with Gasteiger partial charge in [0.05, 0.1) is 30.2 Å². The van der Waals surface area contributed by atoms with Crippen LogP contribution in [0.5, 0.6) is 0 Å². The molecule has 10 heteroatoms. The Hall–Kier alpha value is -5.27. The van der Waals surface area contributed by atoms with Crippen LogP contribution in [0, 0.1) is 11.3 Å². The van der Waals surface area contributed by atoms with Crippen LogP contribution in [-0.4, -0.2) is 52.6 Å². The molecule has 2 amide bonds. The van der Waals surface area contributed by atoms with E-state index in [4.69, 9.17) is 4.74 Å². The Morgan fingerprint density at radius 1 is 0.955 bits per heavy atom. The molecule has 10 nitrogen and oxygen atoms in total. The molecule has 0 radical (unpaired) electrons. The molecule has 2 heterocycles. The van der Waals surface area contributed by atoms with E-state index in [-0.39, 0.29) is 34.2 Å². The number of morpholine rings is 1. The fourth-order valence-electron chi connectivity index (χ4n) is 4.91. The molecule has 1 aliphatic rings. The van der Waals surface area contributed by atoms with Gasteiger partial charge in [0.1, 0.15) is 6.07 Å². The van der Waals surface area contributed by atoms with Gasteiger partial charge in [0.2, 0.25) is 0 Å². The molecule has 0 aliphatic carbocycles. The molecule has 0 unspecified atom stereocenters. The van der Waals surface area contributed by atoms with Crippen LogP contribution in [0.2, 0.25) is 0 Å². The topological polar surface area (TPSA) is 129 Å². The van der Waals surface area contributed by atoms with Gasteiger partial charge in [-0.3, -0.25) is 14.4 Å². The van der Waals surface area contributed by atoms with E-state index in [1.807, 2.05) is 12.1 Å². The van der Waals surface area contributed by atoms with Crippen molar-refractivity contribution in [2.24, 2.45) is 7.05 Å². The number of benzene rings is 3. The predicted octanol–water partition coefficient (Wildman–Crippen LogP) is 5.08. The highest BCUT2D eigenvalue weighted by Crippen LogP contribution is 2.29. The average Bonchev–Trinajstić information content (AvgIpc) is 3.03. The van der Waals surface area contributed by atoms with Crippen molar-refractivity contribution in [2.75, 3.05) is 36.9 Å². The summed E-state index contributed by atoms with van der Waals surface area (Å²) in [5.74, 6) is -0.367. The number of rotatable bonds is 6. The number of aromatic nitrogens is 2. The van der Waals surface area contributed by atoms with E-state index in [1.54, 1.807) is 72.7 Å². The largest absolute Gasteiger partial charge is 0.378 e. The summed E-state index contributed by atoms with van der Waals surface area (Å²) in [7, 11) is 1.60. The van der Waals surface area contributed by atoms with Gasteiger partial charge < -0.3 is 24.8 Å². The van der Waals surface area contributed by atoms with E-state index in [0.29, 0.717) is 60.1 Å². The summed E-state index contributed by atoms with van der Waals surface area (Å²) in [6.45, 7) is 8.44. The smallest absolute Gasteiger partial charge is 0.293 e. The van der Waals surface area contributed by atoms with Crippen molar-refractivity contribution in [2.45, 2.75) is 26.2 Å². The second-order valence-corrected chi connectivity index (χ2v) is 11.6. The Kier molecular flexibility index (Phi) is 8.60. The number of ether oxygens (including phenoxy) is 1. The highest BCUT2D eigenvalue weighted by atomic mass is 16.5. The molecule has 0 bridgehead atoms. The monoisotopic (exact) mass is 590 g/mol. The van der Waals surface area contributed by atoms with Crippen molar-refractivity contribution in [3.63, 3.8) is 0 Å². The van der Waals surface area contributed by atoms with Gasteiger partial charge in [-0.25, -0.2) is 4.98 Å². The van der Waals surface area contributed by atoms with Gasteiger partial charge in [0.25, 0.3) is 17.4 Å². The van der Waals surface area contributed by atoms with Gasteiger partial charge in [0, 0.05) is 48.7 Å². The summed E-state index contributed by atoms with van der Waals surface area (Å²) in [5.41, 5.74) is 3.65. The molecule has 0 atom stereocenters. The Balaban J connectivity index is 1.39. The van der Waals surface area contributed by atoms with Crippen molar-refractivity contribution in [3.05, 3.63) is 106 Å². The molecule has 44 heavy (non-hydrogen) atoms. The predicted molar refractivity (Wildman–Crippen MR) is 169 cm³/mol. The number of amides is 2. The van der Waals surface area contributed by atoms with E-state index in [9.17, 15) is 19.6 Å². The molecule has 3 aromatic carbocycles. The zero-order chi connectivity index (χ0) is 31.4. The highest BCUT2D eigenvalue weighted by Gasteiger charge is 2.20. The summed E-state index contributed by atoms with van der Waals surface area (Å²) in [6.07, 6.45) is 1.55. The van der Waals surface area contributed by atoms with Crippen LogP contribution in [0.15, 0.2) is 77.7 Å².